The Morgan fingerprint density at radius 1 is 0.884 bits per heavy atom. The lowest BCUT2D eigenvalue weighted by Gasteiger charge is -2.34. The smallest absolute Gasteiger partial charge is 0.264 e. The van der Waals surface area contributed by atoms with E-state index in [-0.39, 0.29) is 39.5 Å². The zero-order valence-corrected chi connectivity index (χ0v) is 27.4. The fourth-order valence-electron chi connectivity index (χ4n) is 4.59. The Labute approximate surface area is 270 Å². The van der Waals surface area contributed by atoms with Crippen molar-refractivity contribution >= 4 is 66.7 Å². The largest absolute Gasteiger partial charge is 0.357 e. The number of amides is 2. The number of nitrogens with zero attached hydrogens (tertiary/aromatic N) is 2. The SMILES string of the molecule is CNC(=O)C(Cc1ccccc1)N(Cc1cccc(Br)c1)C(=O)CN(c1cccc(Cl)c1Cl)S(=O)(=O)c1ccc(C)cc1. The minimum Gasteiger partial charge on any atom is -0.357 e. The van der Waals surface area contributed by atoms with Gasteiger partial charge in [-0.25, -0.2) is 8.42 Å². The topological polar surface area (TPSA) is 86.8 Å². The van der Waals surface area contributed by atoms with Gasteiger partial charge in [-0.15, -0.1) is 0 Å². The molecule has 0 aliphatic rings. The molecule has 0 heterocycles. The van der Waals surface area contributed by atoms with E-state index in [0.717, 1.165) is 25.5 Å². The third-order valence-electron chi connectivity index (χ3n) is 6.85. The van der Waals surface area contributed by atoms with Gasteiger partial charge in [0.1, 0.15) is 12.6 Å². The molecule has 0 aromatic heterocycles. The molecule has 4 aromatic rings. The second kappa shape index (κ2) is 14.4. The molecule has 43 heavy (non-hydrogen) atoms. The molecule has 11 heteroatoms. The highest BCUT2D eigenvalue weighted by molar-refractivity contribution is 9.10. The van der Waals surface area contributed by atoms with Crippen molar-refractivity contribution in [1.29, 1.82) is 0 Å². The lowest BCUT2D eigenvalue weighted by molar-refractivity contribution is -0.139. The molecule has 1 unspecified atom stereocenters. The molecule has 0 aliphatic carbocycles. The third kappa shape index (κ3) is 7.97. The van der Waals surface area contributed by atoms with E-state index in [2.05, 4.69) is 21.2 Å². The Morgan fingerprint density at radius 2 is 1.53 bits per heavy atom. The van der Waals surface area contributed by atoms with Crippen molar-refractivity contribution in [3.63, 3.8) is 0 Å². The van der Waals surface area contributed by atoms with E-state index >= 15 is 0 Å². The van der Waals surface area contributed by atoms with Gasteiger partial charge < -0.3 is 10.2 Å². The van der Waals surface area contributed by atoms with Crippen LogP contribution >= 0.6 is 39.1 Å². The van der Waals surface area contributed by atoms with Crippen LogP contribution in [0, 0.1) is 6.92 Å². The summed E-state index contributed by atoms with van der Waals surface area (Å²) < 4.78 is 29.9. The molecule has 1 N–H and O–H groups in total. The van der Waals surface area contributed by atoms with Crippen molar-refractivity contribution in [2.45, 2.75) is 30.8 Å². The minimum absolute atomic E-state index is 0.0154. The highest BCUT2D eigenvalue weighted by Crippen LogP contribution is 2.35. The molecule has 0 spiro atoms. The fourth-order valence-corrected chi connectivity index (χ4v) is 6.91. The first-order valence-corrected chi connectivity index (χ1v) is 16.3. The molecule has 1 atom stereocenters. The molecule has 0 aliphatic heterocycles. The molecule has 4 aromatic carbocycles. The molecule has 224 valence electrons. The van der Waals surface area contributed by atoms with Gasteiger partial charge in [0.2, 0.25) is 11.8 Å². The van der Waals surface area contributed by atoms with Gasteiger partial charge in [0, 0.05) is 24.5 Å². The first-order valence-electron chi connectivity index (χ1n) is 13.3. The number of aryl methyl sites for hydroxylation is 1. The van der Waals surface area contributed by atoms with Crippen LogP contribution in [0.2, 0.25) is 10.0 Å². The standard InChI is InChI=1S/C32H30BrCl2N3O4S/c1-22-14-16-26(17-15-22)43(41,42)38(28-13-7-12-27(34)31(28)35)21-30(39)37(20-24-10-6-11-25(33)18-24)29(32(40)36-2)19-23-8-4-3-5-9-23/h3-18,29H,19-21H2,1-2H3,(H,36,40). The molecule has 0 saturated heterocycles. The maximum absolute atomic E-state index is 14.3. The number of benzene rings is 4. The Hall–Kier alpha value is -3.37. The van der Waals surface area contributed by atoms with Crippen LogP contribution in [-0.4, -0.2) is 44.8 Å². The number of nitrogens with one attached hydrogen (secondary N) is 1. The Bertz CT molecular complexity index is 1700. The Kier molecular flexibility index (Phi) is 10.9. The van der Waals surface area contributed by atoms with Crippen LogP contribution < -0.4 is 9.62 Å². The molecule has 0 fully saturated rings. The van der Waals surface area contributed by atoms with E-state index in [1.807, 2.05) is 61.5 Å². The number of sulfonamides is 1. The summed E-state index contributed by atoms with van der Waals surface area (Å²) in [5.41, 5.74) is 2.51. The van der Waals surface area contributed by atoms with Crippen LogP contribution in [0.25, 0.3) is 0 Å². The van der Waals surface area contributed by atoms with E-state index in [1.165, 1.54) is 36.2 Å². The molecular formula is C32H30BrCl2N3O4S. The van der Waals surface area contributed by atoms with E-state index in [9.17, 15) is 18.0 Å². The normalized spacial score (nSPS) is 11.9. The molecule has 0 radical (unpaired) electrons. The van der Waals surface area contributed by atoms with Crippen LogP contribution in [0.15, 0.2) is 106 Å². The fraction of sp³-hybridized carbons (Fsp3) is 0.188. The quantitative estimate of drug-likeness (QED) is 0.190. The maximum atomic E-state index is 14.3. The van der Waals surface area contributed by atoms with Crippen LogP contribution in [0.3, 0.4) is 0 Å². The van der Waals surface area contributed by atoms with Crippen LogP contribution in [0.1, 0.15) is 16.7 Å². The van der Waals surface area contributed by atoms with E-state index in [4.69, 9.17) is 23.2 Å². The summed E-state index contributed by atoms with van der Waals surface area (Å²) in [7, 11) is -2.79. The average Bonchev–Trinajstić information content (AvgIpc) is 2.99. The zero-order valence-electron chi connectivity index (χ0n) is 23.5. The van der Waals surface area contributed by atoms with Crippen molar-refractivity contribution in [2.24, 2.45) is 0 Å². The zero-order chi connectivity index (χ0) is 31.1. The van der Waals surface area contributed by atoms with E-state index < -0.39 is 28.5 Å². The van der Waals surface area contributed by atoms with E-state index in [0.29, 0.717) is 0 Å². The van der Waals surface area contributed by atoms with Gasteiger partial charge in [0.05, 0.1) is 20.6 Å². The Morgan fingerprint density at radius 3 is 2.19 bits per heavy atom. The summed E-state index contributed by atoms with van der Waals surface area (Å²) in [4.78, 5) is 29.1. The summed E-state index contributed by atoms with van der Waals surface area (Å²) in [6, 6.07) is 26.6. The summed E-state index contributed by atoms with van der Waals surface area (Å²) in [6.07, 6.45) is 0.211. The first-order chi connectivity index (χ1) is 20.5. The van der Waals surface area contributed by atoms with Gasteiger partial charge in [0.25, 0.3) is 10.0 Å². The molecular weight excluding hydrogens is 673 g/mol. The number of carbonyl (C=O) groups excluding carboxylic acids is 2. The Balaban J connectivity index is 1.82. The number of likely N-dealkylation sites (N-methyl/N-ethyl adjacent to an activating group) is 1. The molecule has 7 nitrogen and oxygen atoms in total. The van der Waals surface area contributed by atoms with Gasteiger partial charge >= 0.3 is 0 Å². The summed E-state index contributed by atoms with van der Waals surface area (Å²) in [6.45, 7) is 1.26. The first kappa shape index (κ1) is 32.5. The summed E-state index contributed by atoms with van der Waals surface area (Å²) >= 11 is 16.3. The van der Waals surface area contributed by atoms with Crippen molar-refractivity contribution in [3.05, 3.63) is 128 Å². The highest BCUT2D eigenvalue weighted by atomic mass is 79.9. The molecule has 4 rings (SSSR count). The van der Waals surface area contributed by atoms with Crippen molar-refractivity contribution in [2.75, 3.05) is 17.9 Å². The maximum Gasteiger partial charge on any atom is 0.264 e. The van der Waals surface area contributed by atoms with E-state index in [1.54, 1.807) is 18.2 Å². The lowest BCUT2D eigenvalue weighted by Crippen LogP contribution is -2.53. The molecule has 2 amide bonds. The van der Waals surface area contributed by atoms with Gasteiger partial charge in [-0.3, -0.25) is 13.9 Å². The number of rotatable bonds is 11. The number of anilines is 1. The number of halogens is 3. The third-order valence-corrected chi connectivity index (χ3v) is 9.92. The summed E-state index contributed by atoms with van der Waals surface area (Å²) in [5, 5.41) is 2.79. The summed E-state index contributed by atoms with van der Waals surface area (Å²) in [5.74, 6) is -0.989. The van der Waals surface area contributed by atoms with Crippen LogP contribution in [0.5, 0.6) is 0 Å². The van der Waals surface area contributed by atoms with Gasteiger partial charge in [-0.2, -0.15) is 0 Å². The molecule has 0 saturated carbocycles. The second-order valence-corrected chi connectivity index (χ2v) is 13.4. The molecule has 0 bridgehead atoms. The predicted octanol–water partition coefficient (Wildman–Crippen LogP) is 6.65. The highest BCUT2D eigenvalue weighted by Gasteiger charge is 2.35. The van der Waals surface area contributed by atoms with Crippen LogP contribution in [-0.2, 0) is 32.6 Å². The van der Waals surface area contributed by atoms with Gasteiger partial charge in [0.15, 0.2) is 0 Å². The van der Waals surface area contributed by atoms with Gasteiger partial charge in [-0.05, 0) is 54.4 Å². The van der Waals surface area contributed by atoms with Crippen molar-refractivity contribution < 1.29 is 18.0 Å². The van der Waals surface area contributed by atoms with Gasteiger partial charge in [-0.1, -0.05) is 105 Å². The minimum atomic E-state index is -4.29. The lowest BCUT2D eigenvalue weighted by atomic mass is 10.0. The number of hydrogen-bond donors (Lipinski definition) is 1. The predicted molar refractivity (Wildman–Crippen MR) is 175 cm³/mol. The number of carbonyl (C=O) groups is 2. The monoisotopic (exact) mass is 701 g/mol. The van der Waals surface area contributed by atoms with Crippen LogP contribution in [0.4, 0.5) is 5.69 Å². The van der Waals surface area contributed by atoms with Crippen molar-refractivity contribution in [3.8, 4) is 0 Å². The second-order valence-electron chi connectivity index (χ2n) is 9.87. The number of hydrogen-bond acceptors (Lipinski definition) is 4. The van der Waals surface area contributed by atoms with Crippen molar-refractivity contribution in [1.82, 2.24) is 10.2 Å². The average molecular weight is 703 g/mol.